The van der Waals surface area contributed by atoms with E-state index < -0.39 is 17.8 Å². The maximum absolute atomic E-state index is 15.6. The second-order valence-corrected chi connectivity index (χ2v) is 10.5. The van der Waals surface area contributed by atoms with E-state index in [-0.39, 0.29) is 48.2 Å². The first-order valence-corrected chi connectivity index (χ1v) is 12.8. The van der Waals surface area contributed by atoms with Crippen molar-refractivity contribution in [3.05, 3.63) is 53.0 Å². The topological polar surface area (TPSA) is 112 Å². The van der Waals surface area contributed by atoms with Crippen LogP contribution in [0.2, 0.25) is 0 Å². The Kier molecular flexibility index (Phi) is 5.78. The third-order valence-corrected chi connectivity index (χ3v) is 8.34. The lowest BCUT2D eigenvalue weighted by Gasteiger charge is -2.37. The Morgan fingerprint density at radius 3 is 2.62 bits per heavy atom. The molecule has 6 rings (SSSR count). The highest BCUT2D eigenvalue weighted by molar-refractivity contribution is 6.05. The predicted molar refractivity (Wildman–Crippen MR) is 130 cm³/mol. The van der Waals surface area contributed by atoms with E-state index in [4.69, 9.17) is 0 Å². The van der Waals surface area contributed by atoms with Gasteiger partial charge in [-0.2, -0.15) is 0 Å². The highest BCUT2D eigenvalue weighted by atomic mass is 19.1. The van der Waals surface area contributed by atoms with Crippen LogP contribution in [0.15, 0.2) is 30.5 Å². The van der Waals surface area contributed by atoms with E-state index >= 15 is 4.39 Å². The third-order valence-electron chi connectivity index (χ3n) is 8.34. The van der Waals surface area contributed by atoms with Gasteiger partial charge < -0.3 is 10.2 Å². The lowest BCUT2D eigenvalue weighted by atomic mass is 9.77. The summed E-state index contributed by atoms with van der Waals surface area (Å²) in [7, 11) is 0. The van der Waals surface area contributed by atoms with Crippen molar-refractivity contribution in [2.24, 2.45) is 5.41 Å². The lowest BCUT2D eigenvalue weighted by Crippen LogP contribution is -2.52. The van der Waals surface area contributed by atoms with Crippen molar-refractivity contribution >= 4 is 23.6 Å². The van der Waals surface area contributed by atoms with Gasteiger partial charge >= 0.3 is 0 Å². The Morgan fingerprint density at radius 1 is 1.08 bits per heavy atom. The summed E-state index contributed by atoms with van der Waals surface area (Å²) in [4.78, 5) is 57.0. The molecule has 1 spiro atoms. The largest absolute Gasteiger partial charge is 0.356 e. The predicted octanol–water partition coefficient (Wildman–Crippen LogP) is 1.75. The van der Waals surface area contributed by atoms with Crippen LogP contribution >= 0.6 is 0 Å². The molecule has 9 nitrogen and oxygen atoms in total. The number of imide groups is 1. The second kappa shape index (κ2) is 9.02. The van der Waals surface area contributed by atoms with Gasteiger partial charge in [-0.05, 0) is 62.5 Å². The van der Waals surface area contributed by atoms with Crippen molar-refractivity contribution in [3.8, 4) is 11.3 Å². The monoisotopic (exact) mass is 505 g/mol. The molecule has 0 bridgehead atoms. The van der Waals surface area contributed by atoms with Crippen LogP contribution in [0.3, 0.4) is 0 Å². The van der Waals surface area contributed by atoms with Gasteiger partial charge in [-0.25, -0.2) is 4.39 Å². The van der Waals surface area contributed by atoms with Gasteiger partial charge in [0.15, 0.2) is 5.82 Å². The molecular formula is C27H28FN5O4. The van der Waals surface area contributed by atoms with Gasteiger partial charge in [0.05, 0.1) is 5.41 Å². The van der Waals surface area contributed by atoms with Gasteiger partial charge in [-0.15, -0.1) is 0 Å². The molecule has 37 heavy (non-hydrogen) atoms. The summed E-state index contributed by atoms with van der Waals surface area (Å²) in [6.45, 7) is 2.87. The van der Waals surface area contributed by atoms with Crippen molar-refractivity contribution in [3.63, 3.8) is 0 Å². The van der Waals surface area contributed by atoms with E-state index in [0.29, 0.717) is 28.8 Å². The first-order valence-electron chi connectivity index (χ1n) is 12.8. The number of fused-ring (bicyclic) bond motifs is 1. The Labute approximate surface area is 213 Å². The summed E-state index contributed by atoms with van der Waals surface area (Å²) >= 11 is 0. The number of carbonyl (C=O) groups excluding carboxylic acids is 4. The molecule has 192 valence electrons. The van der Waals surface area contributed by atoms with Crippen molar-refractivity contribution < 1.29 is 23.6 Å². The number of hydrogen-bond donors (Lipinski definition) is 2. The number of piperidine rings is 2. The van der Waals surface area contributed by atoms with Gasteiger partial charge in [-0.3, -0.25) is 34.4 Å². The molecule has 1 aromatic heterocycles. The summed E-state index contributed by atoms with van der Waals surface area (Å²) in [6, 6.07) is 6.09. The average Bonchev–Trinajstić information content (AvgIpc) is 3.40. The standard InChI is InChI=1S/C27H28FN5O4/c28-22-17(14-32-11-7-27(8-12-32)6-10-30-26(27)37)5-9-29-23(22)16-1-2-19-18(13-16)15-33(25(19)36)20-3-4-21(34)31-24(20)35/h1-2,5,9,13,20H,3-4,6-8,10-12,14-15H2,(H,30,37)(H,31,34,35). The Balaban J connectivity index is 1.18. The number of benzene rings is 1. The molecule has 10 heteroatoms. The quantitative estimate of drug-likeness (QED) is 0.613. The molecule has 4 aliphatic rings. The normalized spacial score (nSPS) is 23.4. The molecule has 4 amide bonds. The summed E-state index contributed by atoms with van der Waals surface area (Å²) in [6.07, 6.45) is 4.50. The van der Waals surface area contributed by atoms with Crippen LogP contribution in [0.1, 0.15) is 53.6 Å². The molecule has 1 aromatic carbocycles. The molecule has 2 aromatic rings. The maximum atomic E-state index is 15.6. The Bertz CT molecular complexity index is 1320. The van der Waals surface area contributed by atoms with Crippen molar-refractivity contribution in [1.82, 2.24) is 25.4 Å². The van der Waals surface area contributed by atoms with Gasteiger partial charge in [0, 0.05) is 48.9 Å². The molecule has 3 fully saturated rings. The molecule has 0 radical (unpaired) electrons. The Morgan fingerprint density at radius 2 is 1.89 bits per heavy atom. The number of aromatic nitrogens is 1. The van der Waals surface area contributed by atoms with Gasteiger partial charge in [0.1, 0.15) is 11.7 Å². The van der Waals surface area contributed by atoms with E-state index in [1.54, 1.807) is 30.5 Å². The van der Waals surface area contributed by atoms with Crippen LogP contribution in [0, 0.1) is 11.2 Å². The molecule has 0 saturated carbocycles. The fraction of sp³-hybridized carbons (Fsp3) is 0.444. The van der Waals surface area contributed by atoms with E-state index in [2.05, 4.69) is 20.5 Å². The van der Waals surface area contributed by atoms with Crippen molar-refractivity contribution in [2.45, 2.75) is 51.2 Å². The van der Waals surface area contributed by atoms with Gasteiger partial charge in [0.25, 0.3) is 5.91 Å². The summed E-state index contributed by atoms with van der Waals surface area (Å²) < 4.78 is 15.6. The zero-order valence-electron chi connectivity index (χ0n) is 20.4. The molecule has 3 saturated heterocycles. The summed E-state index contributed by atoms with van der Waals surface area (Å²) in [5.74, 6) is -1.31. The molecule has 2 N–H and O–H groups in total. The summed E-state index contributed by atoms with van der Waals surface area (Å²) in [5, 5.41) is 5.24. The Hall–Kier alpha value is -3.66. The zero-order chi connectivity index (χ0) is 25.7. The van der Waals surface area contributed by atoms with Crippen LogP contribution in [0.5, 0.6) is 0 Å². The minimum atomic E-state index is -0.696. The van der Waals surface area contributed by atoms with Crippen LogP contribution in [0.4, 0.5) is 4.39 Å². The summed E-state index contributed by atoms with van der Waals surface area (Å²) in [5.41, 5.74) is 2.24. The number of pyridine rings is 1. The number of nitrogens with zero attached hydrogens (tertiary/aromatic N) is 3. The average molecular weight is 506 g/mol. The second-order valence-electron chi connectivity index (χ2n) is 10.5. The van der Waals surface area contributed by atoms with Gasteiger partial charge in [-0.1, -0.05) is 6.07 Å². The van der Waals surface area contributed by atoms with Crippen LogP contribution in [-0.2, 0) is 27.5 Å². The number of halogens is 1. The SMILES string of the molecule is O=C1CCC(N2Cc3cc(-c4nccc(CN5CCC6(CCNC6=O)CC5)c4F)ccc3C2=O)C(=O)N1. The minimum Gasteiger partial charge on any atom is -0.356 e. The highest BCUT2D eigenvalue weighted by Gasteiger charge is 2.44. The van der Waals surface area contributed by atoms with Crippen LogP contribution in [0.25, 0.3) is 11.3 Å². The van der Waals surface area contributed by atoms with Gasteiger partial charge in [0.2, 0.25) is 17.7 Å². The molecule has 0 aliphatic carbocycles. The number of amides is 4. The number of rotatable bonds is 4. The molecule has 4 aliphatic heterocycles. The maximum Gasteiger partial charge on any atom is 0.255 e. The van der Waals surface area contributed by atoms with Crippen molar-refractivity contribution in [1.29, 1.82) is 0 Å². The van der Waals surface area contributed by atoms with E-state index in [1.807, 2.05) is 0 Å². The van der Waals surface area contributed by atoms with E-state index in [0.717, 1.165) is 38.9 Å². The number of nitrogens with one attached hydrogen (secondary N) is 2. The molecule has 5 heterocycles. The lowest BCUT2D eigenvalue weighted by molar-refractivity contribution is -0.137. The minimum absolute atomic E-state index is 0.149. The number of carbonyl (C=O) groups is 4. The fourth-order valence-electron chi connectivity index (χ4n) is 6.10. The highest BCUT2D eigenvalue weighted by Crippen LogP contribution is 2.38. The van der Waals surface area contributed by atoms with Crippen LogP contribution in [-0.4, -0.2) is 64.1 Å². The molecular weight excluding hydrogens is 477 g/mol. The van der Waals surface area contributed by atoms with E-state index in [9.17, 15) is 19.2 Å². The van der Waals surface area contributed by atoms with Crippen molar-refractivity contribution in [2.75, 3.05) is 19.6 Å². The first-order chi connectivity index (χ1) is 17.8. The smallest absolute Gasteiger partial charge is 0.255 e. The fourth-order valence-corrected chi connectivity index (χ4v) is 6.10. The number of likely N-dealkylation sites (tertiary alicyclic amines) is 1. The van der Waals surface area contributed by atoms with E-state index in [1.165, 1.54) is 4.90 Å². The van der Waals surface area contributed by atoms with Crippen LogP contribution < -0.4 is 10.6 Å². The molecule has 1 unspecified atom stereocenters. The molecule has 1 atom stereocenters. The number of hydrogen-bond acceptors (Lipinski definition) is 6. The third kappa shape index (κ3) is 4.09. The first kappa shape index (κ1) is 23.7. The zero-order valence-corrected chi connectivity index (χ0v) is 20.4.